The Bertz CT molecular complexity index is 605. The molecule has 0 heterocycles. The Hall–Kier alpha value is -1.30. The minimum atomic E-state index is -0.641. The third kappa shape index (κ3) is 3.59. The molecule has 0 saturated heterocycles. The van der Waals surface area contributed by atoms with E-state index in [2.05, 4.69) is 10.6 Å². The second-order valence-corrected chi connectivity index (χ2v) is 4.92. The molecule has 2 aromatic rings. The van der Waals surface area contributed by atoms with Crippen molar-refractivity contribution in [2.45, 2.75) is 0 Å². The summed E-state index contributed by atoms with van der Waals surface area (Å²) < 4.78 is 26.9. The maximum atomic E-state index is 13.8. The average Bonchev–Trinajstić information content (AvgIpc) is 2.41. The summed E-state index contributed by atoms with van der Waals surface area (Å²) in [6.07, 6.45) is 0. The van der Waals surface area contributed by atoms with Crippen LogP contribution in [-0.2, 0) is 20.4 Å². The standard InChI is InChI=1S/C13H9F2N2S.Ti/c14-9-6-7-12(11(15)8-9)17-13(18)16-10-4-2-1-3-5-10;/h1-7H,(H2,16,17,18);. The summed E-state index contributed by atoms with van der Waals surface area (Å²) in [6, 6.07) is 11.8. The van der Waals surface area contributed by atoms with Gasteiger partial charge in [-0.3, -0.25) is 0 Å². The van der Waals surface area contributed by atoms with Crippen LogP contribution in [0.25, 0.3) is 0 Å². The monoisotopic (exact) mass is 311 g/mol. The molecule has 95 valence electrons. The fraction of sp³-hybridized carbons (Fsp3) is 0. The van der Waals surface area contributed by atoms with Crippen LogP contribution in [0.1, 0.15) is 0 Å². The van der Waals surface area contributed by atoms with Crippen molar-refractivity contribution in [2.24, 2.45) is 0 Å². The third-order valence-electron chi connectivity index (χ3n) is 2.37. The molecule has 0 fully saturated rings. The van der Waals surface area contributed by atoms with E-state index < -0.39 is 11.6 Å². The summed E-state index contributed by atoms with van der Waals surface area (Å²) in [4.78, 5) is 0. The van der Waals surface area contributed by atoms with Crippen molar-refractivity contribution in [1.82, 2.24) is 0 Å². The second kappa shape index (κ2) is 6.24. The van der Waals surface area contributed by atoms with Gasteiger partial charge in [-0.05, 0) is 0 Å². The molecule has 0 spiro atoms. The van der Waals surface area contributed by atoms with Crippen LogP contribution in [0.4, 0.5) is 20.2 Å². The van der Waals surface area contributed by atoms with Gasteiger partial charge in [0, 0.05) is 0 Å². The van der Waals surface area contributed by atoms with Gasteiger partial charge in [0.1, 0.15) is 0 Å². The van der Waals surface area contributed by atoms with Crippen molar-refractivity contribution in [2.75, 3.05) is 10.6 Å². The van der Waals surface area contributed by atoms with Crippen molar-refractivity contribution in [3.05, 3.63) is 54.1 Å². The van der Waals surface area contributed by atoms with Crippen molar-refractivity contribution in [1.29, 1.82) is 0 Å². The number of nitrogens with one attached hydrogen (secondary N) is 2. The molecule has 2 N–H and O–H groups in total. The first-order valence-electron chi connectivity index (χ1n) is 5.40. The molecule has 6 heteroatoms. The number of anilines is 2. The molecule has 0 radical (unpaired) electrons. The van der Waals surface area contributed by atoms with Crippen LogP contribution < -0.4 is 14.5 Å². The van der Waals surface area contributed by atoms with Crippen molar-refractivity contribution >= 4 is 32.6 Å². The quantitative estimate of drug-likeness (QED) is 0.659. The number of rotatable bonds is 2. The topological polar surface area (TPSA) is 24.1 Å². The molecule has 19 heavy (non-hydrogen) atoms. The van der Waals surface area contributed by atoms with Gasteiger partial charge in [-0.2, -0.15) is 0 Å². The number of thiocarbonyl (C=S) groups is 1. The Morgan fingerprint density at radius 3 is 2.37 bits per heavy atom. The first-order chi connectivity index (χ1) is 9.08. The van der Waals surface area contributed by atoms with Gasteiger partial charge in [0.05, 0.1) is 0 Å². The van der Waals surface area contributed by atoms with Crippen LogP contribution in [0.5, 0.6) is 0 Å². The van der Waals surface area contributed by atoms with E-state index >= 15 is 0 Å². The van der Waals surface area contributed by atoms with Crippen LogP contribution in [0.2, 0.25) is 0 Å². The molecule has 0 unspecified atom stereocenters. The number of hydrogen-bond acceptors (Lipinski definition) is 1. The Labute approximate surface area is 126 Å². The second-order valence-electron chi connectivity index (χ2n) is 3.73. The molecule has 0 amide bonds. The van der Waals surface area contributed by atoms with E-state index in [1.165, 1.54) is 32.6 Å². The average molecular weight is 311 g/mol. The zero-order chi connectivity index (χ0) is 13.8. The molecule has 2 nitrogen and oxygen atoms in total. The number of halogens is 2. The molecule has 0 atom stereocenters. The zero-order valence-electron chi connectivity index (χ0n) is 9.71. The summed E-state index contributed by atoms with van der Waals surface area (Å²) in [5.74, 6) is -1.22. The van der Waals surface area contributed by atoms with E-state index in [1.807, 2.05) is 30.3 Å². The summed E-state index contributed by atoms with van der Waals surface area (Å²) in [6.45, 7) is 0. The van der Waals surface area contributed by atoms with Crippen molar-refractivity contribution in [3.63, 3.8) is 0 Å². The Morgan fingerprint density at radius 2 is 1.68 bits per heavy atom. The van der Waals surface area contributed by atoms with E-state index in [9.17, 15) is 8.78 Å². The van der Waals surface area contributed by atoms with Crippen LogP contribution in [-0.4, -0.2) is 5.11 Å². The molecule has 0 saturated carbocycles. The van der Waals surface area contributed by atoms with Gasteiger partial charge in [-0.25, -0.2) is 0 Å². The first-order valence-corrected chi connectivity index (χ1v) is 6.59. The van der Waals surface area contributed by atoms with E-state index in [1.54, 1.807) is 0 Å². The normalized spacial score (nSPS) is 9.95. The van der Waals surface area contributed by atoms with Crippen LogP contribution in [0.15, 0.2) is 42.5 Å². The Balaban J connectivity index is 2.10. The molecule has 0 aliphatic heterocycles. The van der Waals surface area contributed by atoms with Gasteiger partial charge >= 0.3 is 127 Å². The number of benzene rings is 2. The fourth-order valence-electron chi connectivity index (χ4n) is 1.46. The molecular formula is C13H9F2N2STi. The summed E-state index contributed by atoms with van der Waals surface area (Å²) in [5, 5.41) is 5.86. The number of hydrogen-bond donors (Lipinski definition) is 2. The summed E-state index contributed by atoms with van der Waals surface area (Å²) in [5.41, 5.74) is 0.937. The maximum absolute atomic E-state index is 13.8. The van der Waals surface area contributed by atoms with Gasteiger partial charge in [0.15, 0.2) is 0 Å². The van der Waals surface area contributed by atoms with E-state index in [0.717, 1.165) is 5.69 Å². The predicted molar refractivity (Wildman–Crippen MR) is 72.3 cm³/mol. The predicted octanol–water partition coefficient (Wildman–Crippen LogP) is 2.95. The molecule has 2 rings (SSSR count). The SMILES string of the molecule is Fc1ccc(NC(=S)Nc2ccccc2)c(F)[c]1[Ti]. The molecule has 0 aliphatic carbocycles. The summed E-state index contributed by atoms with van der Waals surface area (Å²) >= 11 is 6.45. The number of para-hydroxylation sites is 1. The molecular weight excluding hydrogens is 302 g/mol. The molecule has 0 aromatic heterocycles. The van der Waals surface area contributed by atoms with Crippen molar-refractivity contribution in [3.8, 4) is 0 Å². The Kier molecular flexibility index (Phi) is 4.63. The van der Waals surface area contributed by atoms with Gasteiger partial charge in [-0.15, -0.1) is 0 Å². The Morgan fingerprint density at radius 1 is 1.00 bits per heavy atom. The van der Waals surface area contributed by atoms with Gasteiger partial charge < -0.3 is 0 Å². The summed E-state index contributed by atoms with van der Waals surface area (Å²) in [7, 11) is 0. The van der Waals surface area contributed by atoms with Gasteiger partial charge in [0.2, 0.25) is 0 Å². The van der Waals surface area contributed by atoms with Crippen molar-refractivity contribution < 1.29 is 29.2 Å². The molecule has 2 aromatic carbocycles. The van der Waals surface area contributed by atoms with E-state index in [4.69, 9.17) is 12.2 Å². The van der Waals surface area contributed by atoms with E-state index in [-0.39, 0.29) is 14.7 Å². The molecule has 0 bridgehead atoms. The zero-order valence-corrected chi connectivity index (χ0v) is 12.1. The van der Waals surface area contributed by atoms with Gasteiger partial charge in [-0.1, -0.05) is 0 Å². The van der Waals surface area contributed by atoms with Gasteiger partial charge in [0.25, 0.3) is 0 Å². The van der Waals surface area contributed by atoms with Crippen LogP contribution in [0, 0.1) is 11.6 Å². The fourth-order valence-corrected chi connectivity index (χ4v) is 2.02. The first kappa shape index (κ1) is 14.1. The van der Waals surface area contributed by atoms with Crippen LogP contribution in [0.3, 0.4) is 0 Å². The van der Waals surface area contributed by atoms with E-state index in [0.29, 0.717) is 0 Å². The molecule has 0 aliphatic rings. The van der Waals surface area contributed by atoms with Crippen LogP contribution >= 0.6 is 12.2 Å². The third-order valence-corrected chi connectivity index (χ3v) is 3.29. The minimum absolute atomic E-state index is 0.0347.